The first kappa shape index (κ1) is 16.3. The van der Waals surface area contributed by atoms with Gasteiger partial charge in [-0.1, -0.05) is 35.4 Å². The van der Waals surface area contributed by atoms with E-state index < -0.39 is 11.7 Å². The van der Waals surface area contributed by atoms with Gasteiger partial charge in [0.05, 0.1) is 10.7 Å². The molecule has 0 unspecified atom stereocenters. The highest BCUT2D eigenvalue weighted by atomic mass is 35.5. The van der Waals surface area contributed by atoms with Crippen LogP contribution < -0.4 is 10.1 Å². The van der Waals surface area contributed by atoms with Crippen molar-refractivity contribution in [2.75, 3.05) is 11.9 Å². The van der Waals surface area contributed by atoms with Gasteiger partial charge in [-0.2, -0.15) is 0 Å². The topological polar surface area (TPSA) is 38.3 Å². The van der Waals surface area contributed by atoms with Crippen LogP contribution in [-0.4, -0.2) is 12.5 Å². The van der Waals surface area contributed by atoms with Crippen molar-refractivity contribution in [3.63, 3.8) is 0 Å². The lowest BCUT2D eigenvalue weighted by molar-refractivity contribution is -0.118. The van der Waals surface area contributed by atoms with E-state index in [1.807, 2.05) is 32.9 Å². The summed E-state index contributed by atoms with van der Waals surface area (Å²) in [5, 5.41) is 2.41. The van der Waals surface area contributed by atoms with Crippen LogP contribution in [-0.2, 0) is 4.79 Å². The summed E-state index contributed by atoms with van der Waals surface area (Å²) in [6.45, 7) is 5.64. The molecule has 0 aromatic heterocycles. The smallest absolute Gasteiger partial charge is 0.262 e. The van der Waals surface area contributed by atoms with E-state index in [1.54, 1.807) is 6.07 Å². The lowest BCUT2D eigenvalue weighted by Gasteiger charge is -2.13. The molecular formula is C17H17ClFNO2. The highest BCUT2D eigenvalue weighted by Crippen LogP contribution is 2.25. The molecule has 22 heavy (non-hydrogen) atoms. The number of anilines is 1. The van der Waals surface area contributed by atoms with Gasteiger partial charge in [-0.15, -0.1) is 0 Å². The second kappa shape index (κ2) is 6.79. The minimum Gasteiger partial charge on any atom is -0.483 e. The largest absolute Gasteiger partial charge is 0.483 e. The van der Waals surface area contributed by atoms with Crippen molar-refractivity contribution >= 4 is 23.2 Å². The normalized spacial score (nSPS) is 10.4. The monoisotopic (exact) mass is 321 g/mol. The molecule has 0 fully saturated rings. The fourth-order valence-corrected chi connectivity index (χ4v) is 2.49. The number of halogens is 2. The van der Waals surface area contributed by atoms with E-state index in [-0.39, 0.29) is 17.3 Å². The van der Waals surface area contributed by atoms with Crippen molar-refractivity contribution < 1.29 is 13.9 Å². The van der Waals surface area contributed by atoms with E-state index in [0.717, 1.165) is 16.7 Å². The Morgan fingerprint density at radius 1 is 1.23 bits per heavy atom. The first-order valence-electron chi connectivity index (χ1n) is 6.83. The molecule has 0 radical (unpaired) electrons. The van der Waals surface area contributed by atoms with Crippen molar-refractivity contribution in [1.82, 2.24) is 0 Å². The van der Waals surface area contributed by atoms with E-state index in [0.29, 0.717) is 5.75 Å². The predicted molar refractivity (Wildman–Crippen MR) is 86.2 cm³/mol. The second-order valence-electron chi connectivity index (χ2n) is 5.17. The summed E-state index contributed by atoms with van der Waals surface area (Å²) in [6, 6.07) is 8.40. The first-order chi connectivity index (χ1) is 10.4. The molecule has 0 aliphatic heterocycles. The van der Waals surface area contributed by atoms with Crippen LogP contribution in [0.2, 0.25) is 5.02 Å². The quantitative estimate of drug-likeness (QED) is 0.905. The van der Waals surface area contributed by atoms with Gasteiger partial charge >= 0.3 is 0 Å². The molecule has 0 bridgehead atoms. The molecule has 116 valence electrons. The van der Waals surface area contributed by atoms with Crippen LogP contribution in [0, 0.1) is 26.6 Å². The molecule has 0 spiro atoms. The van der Waals surface area contributed by atoms with Crippen LogP contribution in [0.15, 0.2) is 30.3 Å². The summed E-state index contributed by atoms with van der Waals surface area (Å²) < 4.78 is 19.3. The van der Waals surface area contributed by atoms with Gasteiger partial charge in [-0.3, -0.25) is 4.79 Å². The lowest BCUT2D eigenvalue weighted by Crippen LogP contribution is -2.21. The Morgan fingerprint density at radius 3 is 2.50 bits per heavy atom. The molecule has 0 saturated heterocycles. The SMILES string of the molecule is Cc1cc(C)c(OCC(=O)Nc2cccc(Cl)c2F)c(C)c1. The van der Waals surface area contributed by atoms with Gasteiger partial charge in [-0.05, 0) is 44.0 Å². The van der Waals surface area contributed by atoms with Gasteiger partial charge in [-0.25, -0.2) is 4.39 Å². The predicted octanol–water partition coefficient (Wildman–Crippen LogP) is 4.42. The third-order valence-electron chi connectivity index (χ3n) is 3.18. The Morgan fingerprint density at radius 2 is 1.86 bits per heavy atom. The van der Waals surface area contributed by atoms with Gasteiger partial charge in [0.1, 0.15) is 5.75 Å². The summed E-state index contributed by atoms with van der Waals surface area (Å²) in [6.07, 6.45) is 0. The van der Waals surface area contributed by atoms with Crippen molar-refractivity contribution in [3.05, 3.63) is 57.9 Å². The number of benzene rings is 2. The summed E-state index contributed by atoms with van der Waals surface area (Å²) in [5.41, 5.74) is 3.09. The fraction of sp³-hybridized carbons (Fsp3) is 0.235. The molecule has 2 aromatic carbocycles. The Balaban J connectivity index is 2.03. The van der Waals surface area contributed by atoms with E-state index in [1.165, 1.54) is 12.1 Å². The zero-order valence-corrected chi connectivity index (χ0v) is 13.4. The number of nitrogens with one attached hydrogen (secondary N) is 1. The molecule has 1 N–H and O–H groups in total. The molecule has 0 atom stereocenters. The van der Waals surface area contributed by atoms with Crippen molar-refractivity contribution in [2.45, 2.75) is 20.8 Å². The minimum atomic E-state index is -0.653. The Bertz CT molecular complexity index is 693. The van der Waals surface area contributed by atoms with E-state index in [4.69, 9.17) is 16.3 Å². The Kier molecular flexibility index (Phi) is 5.03. The molecular weight excluding hydrogens is 305 g/mol. The zero-order chi connectivity index (χ0) is 16.3. The standard InChI is InChI=1S/C17H17ClFNO2/c1-10-7-11(2)17(12(3)8-10)22-9-15(21)20-14-6-4-5-13(18)16(14)19/h4-8H,9H2,1-3H3,(H,20,21). The number of hydrogen-bond acceptors (Lipinski definition) is 2. The van der Waals surface area contributed by atoms with Crippen LogP contribution in [0.25, 0.3) is 0 Å². The lowest BCUT2D eigenvalue weighted by atomic mass is 10.1. The molecule has 0 aliphatic carbocycles. The van der Waals surface area contributed by atoms with Gasteiger partial charge in [0, 0.05) is 0 Å². The highest BCUT2D eigenvalue weighted by molar-refractivity contribution is 6.31. The third kappa shape index (κ3) is 3.77. The Hall–Kier alpha value is -2.07. The van der Waals surface area contributed by atoms with Crippen molar-refractivity contribution in [2.24, 2.45) is 0 Å². The van der Waals surface area contributed by atoms with Gasteiger partial charge in [0.2, 0.25) is 0 Å². The Labute approximate surface area is 134 Å². The van der Waals surface area contributed by atoms with Crippen LogP contribution in [0.4, 0.5) is 10.1 Å². The number of hydrogen-bond donors (Lipinski definition) is 1. The molecule has 2 aromatic rings. The van der Waals surface area contributed by atoms with E-state index >= 15 is 0 Å². The van der Waals surface area contributed by atoms with Crippen LogP contribution >= 0.6 is 11.6 Å². The number of carbonyl (C=O) groups is 1. The first-order valence-corrected chi connectivity index (χ1v) is 7.21. The van der Waals surface area contributed by atoms with Crippen molar-refractivity contribution in [3.8, 4) is 5.75 Å². The maximum atomic E-state index is 13.7. The van der Waals surface area contributed by atoms with Crippen molar-refractivity contribution in [1.29, 1.82) is 0 Å². The van der Waals surface area contributed by atoms with E-state index in [2.05, 4.69) is 5.32 Å². The van der Waals surface area contributed by atoms with Gasteiger partial charge in [0.15, 0.2) is 12.4 Å². The number of aryl methyl sites for hydroxylation is 3. The molecule has 0 saturated carbocycles. The summed E-state index contributed by atoms with van der Waals surface area (Å²) in [7, 11) is 0. The van der Waals surface area contributed by atoms with Gasteiger partial charge < -0.3 is 10.1 Å². The molecule has 0 aliphatic rings. The average Bonchev–Trinajstić information content (AvgIpc) is 2.42. The molecule has 1 amide bonds. The van der Waals surface area contributed by atoms with Crippen LogP contribution in [0.1, 0.15) is 16.7 Å². The molecule has 0 heterocycles. The number of rotatable bonds is 4. The van der Waals surface area contributed by atoms with E-state index in [9.17, 15) is 9.18 Å². The molecule has 2 rings (SSSR count). The molecule has 5 heteroatoms. The maximum Gasteiger partial charge on any atom is 0.262 e. The number of carbonyl (C=O) groups excluding carboxylic acids is 1. The van der Waals surface area contributed by atoms with Gasteiger partial charge in [0.25, 0.3) is 5.91 Å². The average molecular weight is 322 g/mol. The fourth-order valence-electron chi connectivity index (χ4n) is 2.32. The zero-order valence-electron chi connectivity index (χ0n) is 12.7. The highest BCUT2D eigenvalue weighted by Gasteiger charge is 2.12. The summed E-state index contributed by atoms with van der Waals surface area (Å²) >= 11 is 5.67. The minimum absolute atomic E-state index is 0.0380. The van der Waals surface area contributed by atoms with Crippen LogP contribution in [0.3, 0.4) is 0 Å². The van der Waals surface area contributed by atoms with Crippen LogP contribution in [0.5, 0.6) is 5.75 Å². The maximum absolute atomic E-state index is 13.7. The number of amides is 1. The number of ether oxygens (including phenoxy) is 1. The third-order valence-corrected chi connectivity index (χ3v) is 3.47. The second-order valence-corrected chi connectivity index (χ2v) is 5.57. The molecule has 3 nitrogen and oxygen atoms in total. The summed E-state index contributed by atoms with van der Waals surface area (Å²) in [5.74, 6) is -0.423. The summed E-state index contributed by atoms with van der Waals surface area (Å²) in [4.78, 5) is 11.9.